The first-order valence-corrected chi connectivity index (χ1v) is 10.0. The molecule has 0 atom stereocenters. The summed E-state index contributed by atoms with van der Waals surface area (Å²) in [6.45, 7) is 0. The third-order valence-electron chi connectivity index (χ3n) is 5.35. The summed E-state index contributed by atoms with van der Waals surface area (Å²) in [6, 6.07) is 21.4. The smallest absolute Gasteiger partial charge is 0.294 e. The average Bonchev–Trinajstić information content (AvgIpc) is 2.80. The van der Waals surface area contributed by atoms with Crippen LogP contribution in [-0.2, 0) is 0 Å². The molecule has 1 aliphatic rings. The third-order valence-corrected chi connectivity index (χ3v) is 5.68. The molecule has 1 aliphatic heterocycles. The van der Waals surface area contributed by atoms with E-state index in [1.54, 1.807) is 72.8 Å². The van der Waals surface area contributed by atoms with Gasteiger partial charge >= 0.3 is 0 Å². The van der Waals surface area contributed by atoms with Gasteiger partial charge in [-0.15, -0.1) is 0 Å². The Labute approximate surface area is 187 Å². The zero-order valence-electron chi connectivity index (χ0n) is 16.4. The fourth-order valence-electron chi connectivity index (χ4n) is 3.93. The molecule has 7 nitrogen and oxygen atoms in total. The third kappa shape index (κ3) is 2.99. The zero-order valence-corrected chi connectivity index (χ0v) is 17.2. The molecule has 4 aromatic rings. The number of carbonyl (C=O) groups is 2. The molecule has 1 N–H and O–H groups in total. The second-order valence-corrected chi connectivity index (χ2v) is 7.60. The fraction of sp³-hybridized carbons (Fsp3) is 0. The zero-order chi connectivity index (χ0) is 22.4. The molecule has 0 aliphatic carbocycles. The first-order chi connectivity index (χ1) is 15.5. The molecule has 0 bridgehead atoms. The van der Waals surface area contributed by atoms with E-state index in [0.717, 1.165) is 4.90 Å². The van der Waals surface area contributed by atoms with Gasteiger partial charge in [-0.2, -0.15) is 0 Å². The quantitative estimate of drug-likeness (QED) is 0.239. The number of halogens is 1. The topological polar surface area (TPSA) is 92.5 Å². The first kappa shape index (κ1) is 19.7. The van der Waals surface area contributed by atoms with Crippen LogP contribution in [0.25, 0.3) is 10.8 Å². The van der Waals surface area contributed by atoms with Crippen molar-refractivity contribution in [2.45, 2.75) is 0 Å². The predicted octanol–water partition coefficient (Wildman–Crippen LogP) is 5.95. The number of rotatable bonds is 4. The number of amides is 2. The van der Waals surface area contributed by atoms with Gasteiger partial charge in [-0.1, -0.05) is 54.1 Å². The Kier molecular flexibility index (Phi) is 4.61. The van der Waals surface area contributed by atoms with Crippen molar-refractivity contribution in [2.24, 2.45) is 0 Å². The molecule has 156 valence electrons. The lowest BCUT2D eigenvalue weighted by Gasteiger charge is -2.28. The van der Waals surface area contributed by atoms with Crippen LogP contribution in [0.15, 0.2) is 78.9 Å². The Morgan fingerprint density at radius 1 is 0.844 bits per heavy atom. The Morgan fingerprint density at radius 2 is 1.53 bits per heavy atom. The lowest BCUT2D eigenvalue weighted by Crippen LogP contribution is -2.40. The number of hydrogen-bond acceptors (Lipinski definition) is 5. The highest BCUT2D eigenvalue weighted by Gasteiger charge is 2.37. The largest absolute Gasteiger partial charge is 0.348 e. The normalized spacial score (nSPS) is 12.8. The van der Waals surface area contributed by atoms with Gasteiger partial charge in [-0.25, -0.2) is 4.90 Å². The highest BCUT2D eigenvalue weighted by molar-refractivity contribution is 6.37. The van der Waals surface area contributed by atoms with E-state index in [0.29, 0.717) is 27.2 Å². The minimum absolute atomic E-state index is 0.0930. The maximum absolute atomic E-state index is 13.4. The first-order valence-electron chi connectivity index (χ1n) is 9.67. The number of benzene rings is 4. The number of nitro groups is 1. The number of nitrogens with one attached hydrogen (secondary N) is 1. The maximum atomic E-state index is 13.4. The van der Waals surface area contributed by atoms with Crippen LogP contribution in [-0.4, -0.2) is 16.7 Å². The van der Waals surface area contributed by atoms with Crippen molar-refractivity contribution in [2.75, 3.05) is 10.2 Å². The average molecular weight is 444 g/mol. The van der Waals surface area contributed by atoms with Crippen LogP contribution in [0.5, 0.6) is 0 Å². The summed E-state index contributed by atoms with van der Waals surface area (Å²) >= 11 is 6.24. The van der Waals surface area contributed by atoms with E-state index in [2.05, 4.69) is 5.32 Å². The number of nitro benzene ring substituents is 1. The second kappa shape index (κ2) is 7.47. The minimum atomic E-state index is -0.614. The minimum Gasteiger partial charge on any atom is -0.348 e. The molecule has 0 saturated heterocycles. The molecule has 4 aromatic carbocycles. The molecule has 0 saturated carbocycles. The maximum Gasteiger partial charge on any atom is 0.294 e. The molecule has 2 amide bonds. The van der Waals surface area contributed by atoms with Gasteiger partial charge in [0, 0.05) is 22.4 Å². The Morgan fingerprint density at radius 3 is 2.25 bits per heavy atom. The number of carbonyl (C=O) groups excluding carboxylic acids is 2. The van der Waals surface area contributed by atoms with E-state index >= 15 is 0 Å². The van der Waals surface area contributed by atoms with E-state index in [1.807, 2.05) is 0 Å². The summed E-state index contributed by atoms with van der Waals surface area (Å²) < 4.78 is 0. The van der Waals surface area contributed by atoms with E-state index in [4.69, 9.17) is 11.6 Å². The number of nitrogens with zero attached hydrogens (tertiary/aromatic N) is 2. The van der Waals surface area contributed by atoms with Crippen LogP contribution in [0.1, 0.15) is 20.7 Å². The molecule has 1 heterocycles. The second-order valence-electron chi connectivity index (χ2n) is 7.19. The van der Waals surface area contributed by atoms with E-state index in [9.17, 15) is 19.7 Å². The van der Waals surface area contributed by atoms with Crippen LogP contribution < -0.4 is 10.2 Å². The van der Waals surface area contributed by atoms with Gasteiger partial charge in [-0.05, 0) is 30.3 Å². The van der Waals surface area contributed by atoms with Crippen molar-refractivity contribution in [3.63, 3.8) is 0 Å². The van der Waals surface area contributed by atoms with Crippen LogP contribution in [0.4, 0.5) is 22.7 Å². The molecule has 0 spiro atoms. The van der Waals surface area contributed by atoms with Crippen molar-refractivity contribution in [3.05, 3.63) is 105 Å². The van der Waals surface area contributed by atoms with Gasteiger partial charge < -0.3 is 5.32 Å². The highest BCUT2D eigenvalue weighted by Crippen LogP contribution is 2.43. The van der Waals surface area contributed by atoms with Gasteiger partial charge in [-0.3, -0.25) is 19.7 Å². The molecule has 0 aromatic heterocycles. The van der Waals surface area contributed by atoms with Crippen LogP contribution in [0.2, 0.25) is 5.02 Å². The Bertz CT molecular complexity index is 1440. The summed E-state index contributed by atoms with van der Waals surface area (Å²) in [5, 5.41) is 16.1. The number of imide groups is 1. The number of hydrogen-bond donors (Lipinski definition) is 1. The van der Waals surface area contributed by atoms with Gasteiger partial charge in [0.1, 0.15) is 5.69 Å². The van der Waals surface area contributed by atoms with Gasteiger partial charge in [0.15, 0.2) is 0 Å². The van der Waals surface area contributed by atoms with Gasteiger partial charge in [0.2, 0.25) is 0 Å². The van der Waals surface area contributed by atoms with Crippen molar-refractivity contribution in [1.82, 2.24) is 0 Å². The van der Waals surface area contributed by atoms with Gasteiger partial charge in [0.05, 0.1) is 26.9 Å². The molecule has 32 heavy (non-hydrogen) atoms. The van der Waals surface area contributed by atoms with Gasteiger partial charge in [0.25, 0.3) is 17.5 Å². The predicted molar refractivity (Wildman–Crippen MR) is 123 cm³/mol. The van der Waals surface area contributed by atoms with Crippen LogP contribution in [0, 0.1) is 10.1 Å². The Hall–Kier alpha value is -4.23. The van der Waals surface area contributed by atoms with E-state index in [-0.39, 0.29) is 22.5 Å². The number of anilines is 3. The highest BCUT2D eigenvalue weighted by atomic mass is 35.5. The van der Waals surface area contributed by atoms with E-state index in [1.165, 1.54) is 6.07 Å². The molecule has 8 heteroatoms. The lowest BCUT2D eigenvalue weighted by atomic mass is 9.91. The molecular weight excluding hydrogens is 430 g/mol. The monoisotopic (exact) mass is 443 g/mol. The van der Waals surface area contributed by atoms with Crippen molar-refractivity contribution in [3.8, 4) is 0 Å². The standard InChI is InChI=1S/C24H14ClN3O4/c25-18-11-4-5-12-19(18)26-22-15-9-6-10-16-21(15)17(13-20(22)28(31)32)24(30)27(23(16)29)14-7-2-1-3-8-14/h1-13,26H. The van der Waals surface area contributed by atoms with Crippen LogP contribution in [0.3, 0.4) is 0 Å². The van der Waals surface area contributed by atoms with Crippen molar-refractivity contribution >= 4 is 56.9 Å². The fourth-order valence-corrected chi connectivity index (χ4v) is 4.12. The summed E-state index contributed by atoms with van der Waals surface area (Å²) in [7, 11) is 0. The van der Waals surface area contributed by atoms with Crippen molar-refractivity contribution in [1.29, 1.82) is 0 Å². The summed E-state index contributed by atoms with van der Waals surface area (Å²) in [5.41, 5.74) is 1.12. The summed E-state index contributed by atoms with van der Waals surface area (Å²) in [4.78, 5) is 39.1. The van der Waals surface area contributed by atoms with E-state index < -0.39 is 16.7 Å². The molecule has 0 unspecified atom stereocenters. The SMILES string of the molecule is O=C1c2cccc3c(Nc4ccccc4Cl)c([N+](=O)[O-])cc(c23)C(=O)N1c1ccccc1. The van der Waals surface area contributed by atoms with Crippen LogP contribution >= 0.6 is 11.6 Å². The number of para-hydroxylation sites is 2. The Balaban J connectivity index is 1.78. The van der Waals surface area contributed by atoms with Crippen molar-refractivity contribution < 1.29 is 14.5 Å². The summed E-state index contributed by atoms with van der Waals surface area (Å²) in [5.74, 6) is -1.10. The molecular formula is C24H14ClN3O4. The molecule has 0 fully saturated rings. The molecule has 5 rings (SSSR count). The lowest BCUT2D eigenvalue weighted by molar-refractivity contribution is -0.383. The molecule has 0 radical (unpaired) electrons. The summed E-state index contributed by atoms with van der Waals surface area (Å²) in [6.07, 6.45) is 0.